The number of nitrogens with one attached hydrogen (secondary N) is 3. The first-order valence-corrected chi connectivity index (χ1v) is 10.8. The van der Waals surface area contributed by atoms with Crippen LogP contribution in [0.2, 0.25) is 0 Å². The smallest absolute Gasteiger partial charge is 0.257 e. The van der Waals surface area contributed by atoms with E-state index in [9.17, 15) is 9.59 Å². The van der Waals surface area contributed by atoms with Crippen LogP contribution in [0.4, 0.5) is 5.13 Å². The van der Waals surface area contributed by atoms with E-state index in [0.29, 0.717) is 17.1 Å². The molecule has 0 spiro atoms. The van der Waals surface area contributed by atoms with Crippen LogP contribution in [0, 0.1) is 5.41 Å². The molecule has 9 heteroatoms. The number of thiol groups is 1. The Morgan fingerprint density at radius 1 is 1.06 bits per heavy atom. The van der Waals surface area contributed by atoms with Gasteiger partial charge in [-0.15, -0.1) is 24.0 Å². The third-order valence-corrected chi connectivity index (χ3v) is 5.79. The lowest BCUT2D eigenvalue weighted by atomic mass is 10.0. The Morgan fingerprint density at radius 2 is 1.71 bits per heavy atom. The second-order valence-corrected chi connectivity index (χ2v) is 8.58. The first-order valence-electron chi connectivity index (χ1n) is 9.58. The minimum Gasteiger partial charge on any atom is -0.370 e. The monoisotopic (exact) mass is 453 g/mol. The van der Waals surface area contributed by atoms with Gasteiger partial charge in [-0.2, -0.15) is 0 Å². The van der Waals surface area contributed by atoms with Crippen molar-refractivity contribution in [3.63, 3.8) is 0 Å². The van der Waals surface area contributed by atoms with Crippen LogP contribution in [0.3, 0.4) is 0 Å². The first-order chi connectivity index (χ1) is 14.8. The van der Waals surface area contributed by atoms with Gasteiger partial charge >= 0.3 is 0 Å². The largest absolute Gasteiger partial charge is 0.370 e. The van der Waals surface area contributed by atoms with Gasteiger partial charge in [0.25, 0.3) is 5.91 Å². The molecule has 0 unspecified atom stereocenters. The number of rotatable bonds is 7. The van der Waals surface area contributed by atoms with Crippen molar-refractivity contribution < 1.29 is 9.59 Å². The van der Waals surface area contributed by atoms with Crippen LogP contribution in [-0.4, -0.2) is 22.8 Å². The highest BCUT2D eigenvalue weighted by atomic mass is 32.1. The van der Waals surface area contributed by atoms with Crippen LogP contribution < -0.4 is 16.4 Å². The number of carbonyl (C=O) groups is 2. The number of thiazole rings is 1. The highest BCUT2D eigenvalue weighted by Gasteiger charge is 2.13. The van der Waals surface area contributed by atoms with Crippen molar-refractivity contribution in [3.05, 3.63) is 75.8 Å². The fourth-order valence-corrected chi connectivity index (χ4v) is 4.24. The van der Waals surface area contributed by atoms with Crippen molar-refractivity contribution in [1.82, 2.24) is 10.3 Å². The molecule has 1 aromatic heterocycles. The Balaban J connectivity index is 1.72. The van der Waals surface area contributed by atoms with Crippen LogP contribution in [0.15, 0.2) is 53.4 Å². The van der Waals surface area contributed by atoms with Crippen LogP contribution in [0.5, 0.6) is 0 Å². The summed E-state index contributed by atoms with van der Waals surface area (Å²) in [4.78, 5) is 30.0. The summed E-state index contributed by atoms with van der Waals surface area (Å²) in [5.74, 6) is -0.942. The Kier molecular flexibility index (Phi) is 7.43. The normalized spacial score (nSPS) is 10.5. The average Bonchev–Trinajstić information content (AvgIpc) is 3.08. The Hall–Kier alpha value is -3.17. The van der Waals surface area contributed by atoms with Crippen molar-refractivity contribution >= 4 is 46.9 Å². The maximum atomic E-state index is 11.9. The standard InChI is InChI=1S/C22H23N5O2S2/c1-13(28)25-22-26-18(19(31-22)12-15-4-9-17(30)10-5-15)11-6-14-2-7-16(8-3-14)20(29)27-21(23)24/h2-5,7-10,30H,6,11-12H2,1H3,(H,25,26,28)(H4,23,24,27,29). The molecule has 2 aromatic carbocycles. The molecule has 0 saturated carbocycles. The number of aromatic nitrogens is 1. The number of guanidine groups is 1. The minimum atomic E-state index is -0.409. The molecule has 0 aliphatic heterocycles. The van der Waals surface area contributed by atoms with Gasteiger partial charge in [0.2, 0.25) is 5.91 Å². The van der Waals surface area contributed by atoms with Gasteiger partial charge in [0.15, 0.2) is 11.1 Å². The van der Waals surface area contributed by atoms with Crippen LogP contribution in [0.25, 0.3) is 0 Å². The number of aryl methyl sites for hydroxylation is 2. The van der Waals surface area contributed by atoms with E-state index >= 15 is 0 Å². The summed E-state index contributed by atoms with van der Waals surface area (Å²) in [7, 11) is 0. The molecule has 7 nitrogen and oxygen atoms in total. The summed E-state index contributed by atoms with van der Waals surface area (Å²) in [5.41, 5.74) is 8.79. The fraction of sp³-hybridized carbons (Fsp3) is 0.182. The lowest BCUT2D eigenvalue weighted by Gasteiger charge is -2.06. The molecule has 5 N–H and O–H groups in total. The topological polar surface area (TPSA) is 121 Å². The van der Waals surface area contributed by atoms with Gasteiger partial charge in [-0.1, -0.05) is 24.3 Å². The zero-order valence-corrected chi connectivity index (χ0v) is 18.6. The number of benzene rings is 2. The van der Waals surface area contributed by atoms with E-state index in [2.05, 4.69) is 28.2 Å². The minimum absolute atomic E-state index is 0.147. The number of anilines is 1. The SMILES string of the molecule is CC(=O)Nc1nc(CCc2ccc(C(=O)NC(=N)N)cc2)c(Cc2ccc(S)cc2)s1. The van der Waals surface area contributed by atoms with Crippen LogP contribution >= 0.6 is 24.0 Å². The Bertz CT molecular complexity index is 1090. The van der Waals surface area contributed by atoms with Gasteiger partial charge in [0.05, 0.1) is 5.69 Å². The first kappa shape index (κ1) is 22.5. The molecule has 31 heavy (non-hydrogen) atoms. The van der Waals surface area contributed by atoms with Gasteiger partial charge in [-0.3, -0.25) is 20.3 Å². The van der Waals surface area contributed by atoms with Gasteiger partial charge in [0, 0.05) is 28.7 Å². The van der Waals surface area contributed by atoms with Crippen molar-refractivity contribution in [2.45, 2.75) is 31.1 Å². The second-order valence-electron chi connectivity index (χ2n) is 6.98. The molecule has 3 aromatic rings. The summed E-state index contributed by atoms with van der Waals surface area (Å²) in [6, 6.07) is 15.1. The predicted molar refractivity (Wildman–Crippen MR) is 126 cm³/mol. The van der Waals surface area contributed by atoms with E-state index in [1.54, 1.807) is 12.1 Å². The summed E-state index contributed by atoms with van der Waals surface area (Å²) in [5, 5.41) is 12.8. The van der Waals surface area contributed by atoms with E-state index in [4.69, 9.17) is 11.1 Å². The maximum absolute atomic E-state index is 11.9. The predicted octanol–water partition coefficient (Wildman–Crippen LogP) is 3.39. The van der Waals surface area contributed by atoms with Crippen molar-refractivity contribution in [2.24, 2.45) is 5.73 Å². The average molecular weight is 454 g/mol. The van der Waals surface area contributed by atoms with Crippen LogP contribution in [0.1, 0.15) is 39.0 Å². The van der Waals surface area contributed by atoms with E-state index in [0.717, 1.165) is 39.4 Å². The van der Waals surface area contributed by atoms with Crippen molar-refractivity contribution in [2.75, 3.05) is 5.32 Å². The molecule has 3 rings (SSSR count). The number of hydrogen-bond donors (Lipinski definition) is 5. The number of hydrogen-bond acceptors (Lipinski definition) is 6. The molecule has 1 heterocycles. The molecule has 160 valence electrons. The van der Waals surface area contributed by atoms with Gasteiger partial charge in [0.1, 0.15) is 0 Å². The molecule has 0 aliphatic carbocycles. The van der Waals surface area contributed by atoms with Gasteiger partial charge in [-0.05, 0) is 48.2 Å². The Labute approximate surface area is 190 Å². The zero-order valence-electron chi connectivity index (χ0n) is 16.9. The molecule has 0 bridgehead atoms. The lowest BCUT2D eigenvalue weighted by Crippen LogP contribution is -2.35. The molecule has 0 atom stereocenters. The molecular formula is C22H23N5O2S2. The quantitative estimate of drug-likeness (QED) is 0.214. The van der Waals surface area contributed by atoms with Crippen molar-refractivity contribution in [3.8, 4) is 0 Å². The molecular weight excluding hydrogens is 430 g/mol. The number of carbonyl (C=O) groups excluding carboxylic acids is 2. The third kappa shape index (κ3) is 6.66. The van der Waals surface area contributed by atoms with E-state index in [1.807, 2.05) is 36.4 Å². The van der Waals surface area contributed by atoms with E-state index in [1.165, 1.54) is 18.3 Å². The summed E-state index contributed by atoms with van der Waals surface area (Å²) in [6.45, 7) is 1.47. The fourth-order valence-electron chi connectivity index (χ4n) is 3.00. The van der Waals surface area contributed by atoms with Gasteiger partial charge in [-0.25, -0.2) is 4.98 Å². The highest BCUT2D eigenvalue weighted by molar-refractivity contribution is 7.80. The van der Waals surface area contributed by atoms with E-state index < -0.39 is 5.91 Å². The third-order valence-electron chi connectivity index (χ3n) is 4.48. The van der Waals surface area contributed by atoms with Crippen molar-refractivity contribution in [1.29, 1.82) is 5.41 Å². The highest BCUT2D eigenvalue weighted by Crippen LogP contribution is 2.27. The number of nitrogens with zero attached hydrogens (tertiary/aromatic N) is 1. The number of amides is 2. The summed E-state index contributed by atoms with van der Waals surface area (Å²) < 4.78 is 0. The van der Waals surface area contributed by atoms with Crippen LogP contribution in [-0.2, 0) is 24.1 Å². The second kappa shape index (κ2) is 10.2. The summed E-state index contributed by atoms with van der Waals surface area (Å²) in [6.07, 6.45) is 2.17. The summed E-state index contributed by atoms with van der Waals surface area (Å²) >= 11 is 5.82. The van der Waals surface area contributed by atoms with E-state index in [-0.39, 0.29) is 11.9 Å². The lowest BCUT2D eigenvalue weighted by molar-refractivity contribution is -0.114. The molecule has 2 amide bonds. The molecule has 0 radical (unpaired) electrons. The van der Waals surface area contributed by atoms with Gasteiger partial charge < -0.3 is 11.1 Å². The molecule has 0 fully saturated rings. The number of nitrogens with two attached hydrogens (primary N) is 1. The zero-order chi connectivity index (χ0) is 22.4. The maximum Gasteiger partial charge on any atom is 0.257 e. The molecule has 0 saturated heterocycles. The Morgan fingerprint density at radius 3 is 2.32 bits per heavy atom. The molecule has 0 aliphatic rings.